The minimum atomic E-state index is -1.09. The summed E-state index contributed by atoms with van der Waals surface area (Å²) in [5.41, 5.74) is 0.501. The summed E-state index contributed by atoms with van der Waals surface area (Å²) in [5, 5.41) is 8.91. The van der Waals surface area contributed by atoms with Gasteiger partial charge in [-0.2, -0.15) is 0 Å². The lowest BCUT2D eigenvalue weighted by Crippen LogP contribution is -2.32. The maximum absolute atomic E-state index is 14.0. The van der Waals surface area contributed by atoms with Gasteiger partial charge in [0.05, 0.1) is 10.6 Å². The number of rotatable bonds is 3. The van der Waals surface area contributed by atoms with Gasteiger partial charge in [-0.25, -0.2) is 19.0 Å². The minimum Gasteiger partial charge on any atom is -0.478 e. The molecule has 8 heteroatoms. The first-order chi connectivity index (χ1) is 11.0. The summed E-state index contributed by atoms with van der Waals surface area (Å²) < 4.78 is 14.0. The molecular formula is C15H11ClFN3O3. The van der Waals surface area contributed by atoms with Crippen molar-refractivity contribution in [2.75, 3.05) is 22.9 Å². The van der Waals surface area contributed by atoms with Gasteiger partial charge in [-0.05, 0) is 24.3 Å². The van der Waals surface area contributed by atoms with Gasteiger partial charge in [-0.15, -0.1) is 0 Å². The number of hydrogen-bond acceptors (Lipinski definition) is 3. The van der Waals surface area contributed by atoms with Gasteiger partial charge < -0.3 is 5.11 Å². The van der Waals surface area contributed by atoms with Crippen molar-refractivity contribution in [1.82, 2.24) is 4.98 Å². The second-order valence-electron chi connectivity index (χ2n) is 4.87. The molecule has 118 valence electrons. The molecule has 23 heavy (non-hydrogen) atoms. The first-order valence-corrected chi connectivity index (χ1v) is 7.09. The zero-order chi connectivity index (χ0) is 16.6. The van der Waals surface area contributed by atoms with Crippen molar-refractivity contribution in [3.8, 4) is 0 Å². The van der Waals surface area contributed by atoms with Gasteiger partial charge >= 0.3 is 12.0 Å². The summed E-state index contributed by atoms with van der Waals surface area (Å²) in [5.74, 6) is -1.99. The molecule has 2 amide bonds. The highest BCUT2D eigenvalue weighted by Crippen LogP contribution is 2.28. The van der Waals surface area contributed by atoms with Crippen LogP contribution in [-0.2, 0) is 0 Å². The Kier molecular flexibility index (Phi) is 3.87. The Morgan fingerprint density at radius 2 is 2.00 bits per heavy atom. The van der Waals surface area contributed by atoms with Crippen molar-refractivity contribution < 1.29 is 19.1 Å². The Bertz CT molecular complexity index is 799. The van der Waals surface area contributed by atoms with E-state index in [-0.39, 0.29) is 29.5 Å². The Balaban J connectivity index is 1.91. The van der Waals surface area contributed by atoms with Crippen molar-refractivity contribution in [2.24, 2.45) is 0 Å². The lowest BCUT2D eigenvalue weighted by molar-refractivity contribution is 0.0697. The first-order valence-electron chi connectivity index (χ1n) is 6.71. The molecule has 2 aromatic rings. The molecule has 1 aliphatic rings. The third kappa shape index (κ3) is 2.70. The van der Waals surface area contributed by atoms with E-state index >= 15 is 0 Å². The Labute approximate surface area is 135 Å². The lowest BCUT2D eigenvalue weighted by atomic mass is 10.2. The predicted molar refractivity (Wildman–Crippen MR) is 82.7 cm³/mol. The number of halogens is 2. The van der Waals surface area contributed by atoms with Crippen LogP contribution in [0.3, 0.4) is 0 Å². The highest BCUT2D eigenvalue weighted by molar-refractivity contribution is 6.31. The third-order valence-corrected chi connectivity index (χ3v) is 3.79. The molecule has 0 radical (unpaired) electrons. The Hall–Kier alpha value is -2.67. The normalized spacial score (nSPS) is 14.4. The number of carbonyl (C=O) groups is 2. The summed E-state index contributed by atoms with van der Waals surface area (Å²) in [7, 11) is 0. The molecule has 1 N–H and O–H groups in total. The molecule has 0 atom stereocenters. The summed E-state index contributed by atoms with van der Waals surface area (Å²) in [4.78, 5) is 30.0. The SMILES string of the molecule is O=C(O)c1cccc(N2CCN(c3nccc(Cl)c3F)C2=O)c1. The average Bonchev–Trinajstić information content (AvgIpc) is 2.92. The van der Waals surface area contributed by atoms with Gasteiger partial charge in [-0.3, -0.25) is 9.80 Å². The Morgan fingerprint density at radius 1 is 1.26 bits per heavy atom. The van der Waals surface area contributed by atoms with Crippen LogP contribution >= 0.6 is 11.6 Å². The number of urea groups is 1. The fraction of sp³-hybridized carbons (Fsp3) is 0.133. The largest absolute Gasteiger partial charge is 0.478 e. The number of aromatic carboxylic acids is 1. The molecule has 6 nitrogen and oxygen atoms in total. The van der Waals surface area contributed by atoms with E-state index < -0.39 is 17.8 Å². The van der Waals surface area contributed by atoms with Crippen molar-refractivity contribution in [3.63, 3.8) is 0 Å². The number of hydrogen-bond donors (Lipinski definition) is 1. The third-order valence-electron chi connectivity index (χ3n) is 3.49. The second-order valence-corrected chi connectivity index (χ2v) is 5.28. The highest BCUT2D eigenvalue weighted by Gasteiger charge is 2.33. The zero-order valence-corrected chi connectivity index (χ0v) is 12.5. The van der Waals surface area contributed by atoms with E-state index in [1.807, 2.05) is 0 Å². The number of amides is 2. The number of carboxylic acid groups (broad SMARTS) is 1. The van der Waals surface area contributed by atoms with Gasteiger partial charge in [0.1, 0.15) is 0 Å². The smallest absolute Gasteiger partial charge is 0.335 e. The highest BCUT2D eigenvalue weighted by atomic mass is 35.5. The minimum absolute atomic E-state index is 0.0702. The van der Waals surface area contributed by atoms with Crippen LogP contribution in [0.25, 0.3) is 0 Å². The van der Waals surface area contributed by atoms with Crippen molar-refractivity contribution in [3.05, 3.63) is 52.9 Å². The second kappa shape index (κ2) is 5.85. The molecule has 0 aliphatic carbocycles. The van der Waals surface area contributed by atoms with Crippen LogP contribution in [0.2, 0.25) is 5.02 Å². The predicted octanol–water partition coefficient (Wildman–Crippen LogP) is 3.02. The van der Waals surface area contributed by atoms with Crippen molar-refractivity contribution in [2.45, 2.75) is 0 Å². The van der Waals surface area contributed by atoms with E-state index in [0.29, 0.717) is 5.69 Å². The number of carboxylic acids is 1. The van der Waals surface area contributed by atoms with Crippen LogP contribution < -0.4 is 9.80 Å². The zero-order valence-electron chi connectivity index (χ0n) is 11.7. The van der Waals surface area contributed by atoms with Gasteiger partial charge in [0.2, 0.25) is 0 Å². The maximum Gasteiger partial charge on any atom is 0.335 e. The van der Waals surface area contributed by atoms with Crippen LogP contribution in [0.15, 0.2) is 36.5 Å². The van der Waals surface area contributed by atoms with E-state index in [0.717, 1.165) is 0 Å². The van der Waals surface area contributed by atoms with Crippen LogP contribution in [0, 0.1) is 5.82 Å². The summed E-state index contributed by atoms with van der Waals surface area (Å²) in [6.07, 6.45) is 1.32. The monoisotopic (exact) mass is 335 g/mol. The molecule has 1 fully saturated rings. The van der Waals surface area contributed by atoms with Crippen molar-refractivity contribution >= 4 is 35.1 Å². The van der Waals surface area contributed by atoms with E-state index in [1.54, 1.807) is 12.1 Å². The van der Waals surface area contributed by atoms with Gasteiger partial charge in [0, 0.05) is 25.0 Å². The standard InChI is InChI=1S/C15H11ClFN3O3/c16-11-4-5-18-13(12(11)17)20-7-6-19(15(20)23)10-3-1-2-9(8-10)14(21)22/h1-5,8H,6-7H2,(H,21,22). The number of aromatic nitrogens is 1. The number of anilines is 2. The number of pyridine rings is 1. The fourth-order valence-electron chi connectivity index (χ4n) is 2.38. The van der Waals surface area contributed by atoms with E-state index in [2.05, 4.69) is 4.98 Å². The maximum atomic E-state index is 14.0. The quantitative estimate of drug-likeness (QED) is 0.935. The summed E-state index contributed by atoms with van der Waals surface area (Å²) >= 11 is 5.72. The molecule has 1 aromatic heterocycles. The molecule has 1 aliphatic heterocycles. The number of carbonyl (C=O) groups excluding carboxylic acids is 1. The van der Waals surface area contributed by atoms with Crippen LogP contribution in [0.4, 0.5) is 20.7 Å². The molecule has 2 heterocycles. The molecule has 1 saturated heterocycles. The van der Waals surface area contributed by atoms with Crippen LogP contribution in [0.5, 0.6) is 0 Å². The van der Waals surface area contributed by atoms with Crippen LogP contribution in [0.1, 0.15) is 10.4 Å². The van der Waals surface area contributed by atoms with E-state index in [4.69, 9.17) is 16.7 Å². The topological polar surface area (TPSA) is 73.7 Å². The fourth-order valence-corrected chi connectivity index (χ4v) is 2.52. The summed E-state index contributed by atoms with van der Waals surface area (Å²) in [6.45, 7) is 0.510. The van der Waals surface area contributed by atoms with Gasteiger partial charge in [0.15, 0.2) is 11.6 Å². The molecule has 3 rings (SSSR count). The first kappa shape index (κ1) is 15.2. The number of nitrogens with zero attached hydrogens (tertiary/aromatic N) is 3. The van der Waals surface area contributed by atoms with Gasteiger partial charge in [-0.1, -0.05) is 17.7 Å². The average molecular weight is 336 g/mol. The summed E-state index contributed by atoms with van der Waals surface area (Å²) in [6, 6.07) is 6.81. The lowest BCUT2D eigenvalue weighted by Gasteiger charge is -2.19. The molecule has 0 unspecified atom stereocenters. The number of benzene rings is 1. The van der Waals surface area contributed by atoms with Gasteiger partial charge in [0.25, 0.3) is 0 Å². The molecule has 0 saturated carbocycles. The van der Waals surface area contributed by atoms with E-state index in [1.165, 1.54) is 34.2 Å². The molecule has 0 spiro atoms. The Morgan fingerprint density at radius 3 is 2.74 bits per heavy atom. The molecule has 1 aromatic carbocycles. The van der Waals surface area contributed by atoms with Crippen molar-refractivity contribution in [1.29, 1.82) is 0 Å². The van der Waals surface area contributed by atoms with E-state index in [9.17, 15) is 14.0 Å². The molecule has 0 bridgehead atoms. The van der Waals surface area contributed by atoms with Crippen LogP contribution in [-0.4, -0.2) is 35.2 Å². The molecular weight excluding hydrogens is 325 g/mol.